The third-order valence-corrected chi connectivity index (χ3v) is 4.66. The zero-order chi connectivity index (χ0) is 17.5. The van der Waals surface area contributed by atoms with Crippen LogP contribution in [0.4, 0.5) is 5.69 Å². The van der Waals surface area contributed by atoms with Crippen molar-refractivity contribution in [2.75, 3.05) is 25.0 Å². The van der Waals surface area contributed by atoms with Gasteiger partial charge in [0.1, 0.15) is 0 Å². The molecule has 132 valence electrons. The van der Waals surface area contributed by atoms with E-state index >= 15 is 0 Å². The first-order valence-electron chi connectivity index (χ1n) is 8.91. The van der Waals surface area contributed by atoms with Gasteiger partial charge in [0.15, 0.2) is 0 Å². The Hall–Kier alpha value is -1.88. The van der Waals surface area contributed by atoms with Crippen LogP contribution >= 0.6 is 0 Å². The lowest BCUT2D eigenvalue weighted by Gasteiger charge is -2.29. The minimum atomic E-state index is -0.0790. The zero-order valence-corrected chi connectivity index (χ0v) is 15.0. The molecule has 5 nitrogen and oxygen atoms in total. The molecule has 1 aliphatic rings. The van der Waals surface area contributed by atoms with Gasteiger partial charge in [-0.25, -0.2) is 0 Å². The number of amides is 2. The summed E-state index contributed by atoms with van der Waals surface area (Å²) in [6.07, 6.45) is 3.22. The molecule has 1 aliphatic heterocycles. The number of carbonyl (C=O) groups excluding carboxylic acids is 2. The van der Waals surface area contributed by atoms with Crippen molar-refractivity contribution in [3.8, 4) is 0 Å². The quantitative estimate of drug-likeness (QED) is 0.842. The summed E-state index contributed by atoms with van der Waals surface area (Å²) in [5, 5.41) is 5.84. The van der Waals surface area contributed by atoms with Crippen LogP contribution in [-0.4, -0.2) is 42.4 Å². The summed E-state index contributed by atoms with van der Waals surface area (Å²) < 4.78 is 0. The molecule has 0 aromatic heterocycles. The van der Waals surface area contributed by atoms with Gasteiger partial charge in [-0.1, -0.05) is 13.8 Å². The van der Waals surface area contributed by atoms with Gasteiger partial charge in [-0.3, -0.25) is 14.5 Å². The molecule has 0 aliphatic carbocycles. The number of nitrogens with zero attached hydrogens (tertiary/aromatic N) is 1. The molecule has 1 aromatic carbocycles. The zero-order valence-electron chi connectivity index (χ0n) is 15.0. The van der Waals surface area contributed by atoms with Crippen LogP contribution in [0.2, 0.25) is 0 Å². The van der Waals surface area contributed by atoms with Gasteiger partial charge in [0.2, 0.25) is 5.91 Å². The van der Waals surface area contributed by atoms with Crippen molar-refractivity contribution in [2.45, 2.75) is 46.1 Å². The molecule has 0 spiro atoms. The molecule has 1 aromatic rings. The van der Waals surface area contributed by atoms with Crippen LogP contribution in [0, 0.1) is 5.92 Å². The number of hydrogen-bond acceptors (Lipinski definition) is 3. The number of benzene rings is 1. The molecule has 2 rings (SSSR count). The highest BCUT2D eigenvalue weighted by Crippen LogP contribution is 2.16. The Morgan fingerprint density at radius 1 is 1.21 bits per heavy atom. The maximum atomic E-state index is 12.1. The predicted octanol–water partition coefficient (Wildman–Crippen LogP) is 2.89. The van der Waals surface area contributed by atoms with Gasteiger partial charge < -0.3 is 10.6 Å². The first-order chi connectivity index (χ1) is 11.5. The molecule has 24 heavy (non-hydrogen) atoms. The summed E-state index contributed by atoms with van der Waals surface area (Å²) in [5.41, 5.74) is 1.34. The van der Waals surface area contributed by atoms with Crippen LogP contribution in [-0.2, 0) is 4.79 Å². The monoisotopic (exact) mass is 331 g/mol. The van der Waals surface area contributed by atoms with Gasteiger partial charge in [-0.15, -0.1) is 0 Å². The Bertz CT molecular complexity index is 548. The lowest BCUT2D eigenvalue weighted by molar-refractivity contribution is -0.117. The van der Waals surface area contributed by atoms with Crippen LogP contribution < -0.4 is 10.6 Å². The second kappa shape index (κ2) is 8.83. The number of likely N-dealkylation sites (tertiary alicyclic amines) is 1. The van der Waals surface area contributed by atoms with Crippen molar-refractivity contribution < 1.29 is 9.59 Å². The molecule has 0 saturated carbocycles. The fraction of sp³-hybridized carbons (Fsp3) is 0.579. The minimum absolute atomic E-state index is 0.00126. The smallest absolute Gasteiger partial charge is 0.251 e. The van der Waals surface area contributed by atoms with Crippen LogP contribution in [0.5, 0.6) is 0 Å². The van der Waals surface area contributed by atoms with Gasteiger partial charge in [-0.2, -0.15) is 0 Å². The van der Waals surface area contributed by atoms with Crippen LogP contribution in [0.15, 0.2) is 24.3 Å². The molecular weight excluding hydrogens is 302 g/mol. The second-order valence-electron chi connectivity index (χ2n) is 6.87. The molecule has 1 atom stereocenters. The van der Waals surface area contributed by atoms with E-state index in [9.17, 15) is 9.59 Å². The minimum Gasteiger partial charge on any atom is -0.350 e. The Morgan fingerprint density at radius 3 is 2.42 bits per heavy atom. The third-order valence-electron chi connectivity index (χ3n) is 4.66. The van der Waals surface area contributed by atoms with Crippen molar-refractivity contribution >= 4 is 17.5 Å². The van der Waals surface area contributed by atoms with Gasteiger partial charge >= 0.3 is 0 Å². The number of hydrogen-bond donors (Lipinski definition) is 2. The van der Waals surface area contributed by atoms with Gasteiger partial charge in [-0.05, 0) is 69.5 Å². The maximum absolute atomic E-state index is 12.1. The highest BCUT2D eigenvalue weighted by molar-refractivity contribution is 5.96. The van der Waals surface area contributed by atoms with Crippen molar-refractivity contribution in [3.05, 3.63) is 29.8 Å². The van der Waals surface area contributed by atoms with Crippen molar-refractivity contribution in [1.82, 2.24) is 10.2 Å². The first-order valence-corrected chi connectivity index (χ1v) is 8.91. The Balaban J connectivity index is 1.82. The average molecular weight is 331 g/mol. The topological polar surface area (TPSA) is 61.4 Å². The number of nitrogens with one attached hydrogen (secondary N) is 2. The molecule has 1 saturated heterocycles. The Morgan fingerprint density at radius 2 is 1.83 bits per heavy atom. The highest BCUT2D eigenvalue weighted by Gasteiger charge is 2.18. The molecular formula is C19H29N3O2. The van der Waals surface area contributed by atoms with Gasteiger partial charge in [0.25, 0.3) is 5.91 Å². The van der Waals surface area contributed by atoms with Crippen molar-refractivity contribution in [2.24, 2.45) is 5.92 Å². The number of piperidine rings is 1. The van der Waals surface area contributed by atoms with Crippen molar-refractivity contribution in [1.29, 1.82) is 0 Å². The highest BCUT2D eigenvalue weighted by atomic mass is 16.2. The Labute approximate surface area is 144 Å². The summed E-state index contributed by atoms with van der Waals surface area (Å²) in [7, 11) is 0. The first kappa shape index (κ1) is 18.5. The summed E-state index contributed by atoms with van der Waals surface area (Å²) >= 11 is 0. The number of rotatable bonds is 6. The number of anilines is 1. The molecule has 1 heterocycles. The van der Waals surface area contributed by atoms with Crippen LogP contribution in [0.1, 0.15) is 50.4 Å². The molecule has 0 bridgehead atoms. The standard InChI is InChI=1S/C19H29N3O2/c1-4-15(3)20-19(24)16-5-7-17(8-6-16)21-18(23)13-22-11-9-14(2)10-12-22/h5-8,14-15H,4,9-13H2,1-3H3,(H,20,24)(H,21,23). The average Bonchev–Trinajstić information content (AvgIpc) is 2.57. The van der Waals surface area contributed by atoms with E-state index in [-0.39, 0.29) is 17.9 Å². The summed E-state index contributed by atoms with van der Waals surface area (Å²) in [6, 6.07) is 7.21. The predicted molar refractivity (Wildman–Crippen MR) is 97.1 cm³/mol. The lowest BCUT2D eigenvalue weighted by atomic mass is 9.99. The van der Waals surface area contributed by atoms with E-state index in [2.05, 4.69) is 22.5 Å². The lowest BCUT2D eigenvalue weighted by Crippen LogP contribution is -2.38. The Kier molecular flexibility index (Phi) is 6.79. The molecule has 0 radical (unpaired) electrons. The van der Waals surface area contributed by atoms with E-state index in [4.69, 9.17) is 0 Å². The third kappa shape index (κ3) is 5.64. The van der Waals surface area contributed by atoms with E-state index in [0.29, 0.717) is 12.1 Å². The van der Waals surface area contributed by atoms with E-state index < -0.39 is 0 Å². The summed E-state index contributed by atoms with van der Waals surface area (Å²) in [6.45, 7) is 8.69. The molecule has 1 unspecified atom stereocenters. The van der Waals surface area contributed by atoms with Gasteiger partial charge in [0.05, 0.1) is 6.54 Å². The molecule has 2 amide bonds. The molecule has 5 heteroatoms. The molecule has 2 N–H and O–H groups in total. The summed E-state index contributed by atoms with van der Waals surface area (Å²) in [5.74, 6) is 0.685. The normalized spacial score (nSPS) is 17.3. The van der Waals surface area contributed by atoms with Crippen LogP contribution in [0.3, 0.4) is 0 Å². The maximum Gasteiger partial charge on any atom is 0.251 e. The fourth-order valence-electron chi connectivity index (χ4n) is 2.74. The SMILES string of the molecule is CCC(C)NC(=O)c1ccc(NC(=O)CN2CCC(C)CC2)cc1. The second-order valence-corrected chi connectivity index (χ2v) is 6.87. The van der Waals surface area contributed by atoms with Gasteiger partial charge in [0, 0.05) is 17.3 Å². The van der Waals surface area contributed by atoms with E-state index in [1.807, 2.05) is 13.8 Å². The van der Waals surface area contributed by atoms with Crippen LogP contribution in [0.25, 0.3) is 0 Å². The van der Waals surface area contributed by atoms with E-state index in [0.717, 1.165) is 44.0 Å². The number of carbonyl (C=O) groups is 2. The fourth-order valence-corrected chi connectivity index (χ4v) is 2.74. The largest absolute Gasteiger partial charge is 0.350 e. The van der Waals surface area contributed by atoms with E-state index in [1.54, 1.807) is 24.3 Å². The van der Waals surface area contributed by atoms with E-state index in [1.165, 1.54) is 0 Å². The summed E-state index contributed by atoms with van der Waals surface area (Å²) in [4.78, 5) is 26.4. The molecule has 1 fully saturated rings. The van der Waals surface area contributed by atoms with Crippen molar-refractivity contribution in [3.63, 3.8) is 0 Å².